The van der Waals surface area contributed by atoms with Gasteiger partial charge >= 0.3 is 5.97 Å². The van der Waals surface area contributed by atoms with Gasteiger partial charge in [-0.15, -0.1) is 11.3 Å². The van der Waals surface area contributed by atoms with Crippen molar-refractivity contribution >= 4 is 35.2 Å². The van der Waals surface area contributed by atoms with E-state index in [2.05, 4.69) is 0 Å². The van der Waals surface area contributed by atoms with Crippen LogP contribution in [0.4, 0.5) is 0 Å². The van der Waals surface area contributed by atoms with Gasteiger partial charge in [-0.05, 0) is 50.6 Å². The van der Waals surface area contributed by atoms with E-state index in [0.717, 1.165) is 33.1 Å². The number of nitrogens with zero attached hydrogens (tertiary/aromatic N) is 1. The molecule has 0 radical (unpaired) electrons. The van der Waals surface area contributed by atoms with Gasteiger partial charge in [0, 0.05) is 26.9 Å². The first-order valence-corrected chi connectivity index (χ1v) is 9.37. The quantitative estimate of drug-likeness (QED) is 0.431. The van der Waals surface area contributed by atoms with Crippen molar-refractivity contribution in [1.29, 1.82) is 0 Å². The zero-order chi connectivity index (χ0) is 18.8. The topological polar surface area (TPSA) is 48.3 Å². The summed E-state index contributed by atoms with van der Waals surface area (Å²) < 4.78 is 7.17. The summed E-state index contributed by atoms with van der Waals surface area (Å²) in [4.78, 5) is 24.7. The average Bonchev–Trinajstić information content (AvgIpc) is 3.16. The van der Waals surface area contributed by atoms with Crippen LogP contribution in [0.3, 0.4) is 0 Å². The molecule has 134 valence electrons. The minimum Gasteiger partial charge on any atom is -0.462 e. The number of hydrogen-bond donors (Lipinski definition) is 0. The van der Waals surface area contributed by atoms with Gasteiger partial charge in [0.05, 0.1) is 12.2 Å². The maximum Gasteiger partial charge on any atom is 0.341 e. The molecule has 0 amide bonds. The Labute approximate surface area is 161 Å². The van der Waals surface area contributed by atoms with Gasteiger partial charge in [0.15, 0.2) is 6.29 Å². The molecule has 0 saturated heterocycles. The van der Waals surface area contributed by atoms with Gasteiger partial charge < -0.3 is 9.30 Å². The first-order chi connectivity index (χ1) is 12.5. The van der Waals surface area contributed by atoms with E-state index in [9.17, 15) is 9.59 Å². The summed E-state index contributed by atoms with van der Waals surface area (Å²) in [5, 5.41) is 1.40. The van der Waals surface area contributed by atoms with E-state index >= 15 is 0 Å². The Hall–Kier alpha value is -2.37. The fraction of sp³-hybridized carbons (Fsp3) is 0.200. The molecule has 4 nitrogen and oxygen atoms in total. The molecule has 0 aliphatic rings. The second kappa shape index (κ2) is 7.48. The SMILES string of the molecule is CCOC(=O)c1cc(-c2ccc(Cl)cc2)sc1-n1c(C)cc(C=O)c1C. The molecule has 6 heteroatoms. The lowest BCUT2D eigenvalue weighted by Crippen LogP contribution is -2.08. The number of esters is 1. The monoisotopic (exact) mass is 387 g/mol. The van der Waals surface area contributed by atoms with Crippen molar-refractivity contribution in [1.82, 2.24) is 4.57 Å². The number of benzene rings is 1. The highest BCUT2D eigenvalue weighted by atomic mass is 35.5. The van der Waals surface area contributed by atoms with E-state index in [-0.39, 0.29) is 5.97 Å². The van der Waals surface area contributed by atoms with Crippen molar-refractivity contribution in [3.8, 4) is 15.4 Å². The Morgan fingerprint density at radius 1 is 1.23 bits per heavy atom. The van der Waals surface area contributed by atoms with Crippen molar-refractivity contribution in [2.45, 2.75) is 20.8 Å². The number of halogens is 1. The van der Waals surface area contributed by atoms with Gasteiger partial charge in [-0.2, -0.15) is 0 Å². The minimum atomic E-state index is -0.376. The number of aryl methyl sites for hydroxylation is 1. The van der Waals surface area contributed by atoms with Crippen LogP contribution in [0.15, 0.2) is 36.4 Å². The zero-order valence-corrected chi connectivity index (χ0v) is 16.3. The van der Waals surface area contributed by atoms with E-state index in [1.807, 2.05) is 54.8 Å². The number of aldehydes is 1. The predicted octanol–water partition coefficient (Wildman–Crippen LogP) is 5.47. The van der Waals surface area contributed by atoms with Crippen LogP contribution in [0.1, 0.15) is 39.0 Å². The van der Waals surface area contributed by atoms with Crippen molar-refractivity contribution in [2.24, 2.45) is 0 Å². The highest BCUT2D eigenvalue weighted by molar-refractivity contribution is 7.18. The molecule has 0 fully saturated rings. The van der Waals surface area contributed by atoms with Gasteiger partial charge in [0.2, 0.25) is 0 Å². The molecule has 0 unspecified atom stereocenters. The van der Waals surface area contributed by atoms with E-state index in [0.29, 0.717) is 22.8 Å². The van der Waals surface area contributed by atoms with E-state index in [1.54, 1.807) is 6.92 Å². The van der Waals surface area contributed by atoms with Crippen LogP contribution < -0.4 is 0 Å². The molecule has 1 aromatic carbocycles. The van der Waals surface area contributed by atoms with Crippen molar-refractivity contribution in [2.75, 3.05) is 6.61 Å². The van der Waals surface area contributed by atoms with Crippen molar-refractivity contribution < 1.29 is 14.3 Å². The summed E-state index contributed by atoms with van der Waals surface area (Å²) in [5.74, 6) is -0.376. The maximum absolute atomic E-state index is 12.5. The van der Waals surface area contributed by atoms with Gasteiger partial charge in [-0.1, -0.05) is 23.7 Å². The van der Waals surface area contributed by atoms with Crippen LogP contribution in [0.5, 0.6) is 0 Å². The lowest BCUT2D eigenvalue weighted by atomic mass is 10.1. The fourth-order valence-corrected chi connectivity index (χ4v) is 4.27. The van der Waals surface area contributed by atoms with Crippen molar-refractivity contribution in [3.05, 3.63) is 63.9 Å². The number of ether oxygens (including phenoxy) is 1. The fourth-order valence-electron chi connectivity index (χ4n) is 2.88. The maximum atomic E-state index is 12.5. The lowest BCUT2D eigenvalue weighted by molar-refractivity contribution is 0.0527. The summed E-state index contributed by atoms with van der Waals surface area (Å²) >= 11 is 7.46. The second-order valence-electron chi connectivity index (χ2n) is 5.84. The molecule has 0 atom stereocenters. The van der Waals surface area contributed by atoms with E-state index in [4.69, 9.17) is 16.3 Å². The first kappa shape index (κ1) is 18.4. The second-order valence-corrected chi connectivity index (χ2v) is 7.30. The molecule has 3 rings (SSSR count). The molecule has 0 spiro atoms. The van der Waals surface area contributed by atoms with Crippen molar-refractivity contribution in [3.63, 3.8) is 0 Å². The molecule has 3 aromatic rings. The molecule has 0 N–H and O–H groups in total. The number of aromatic nitrogens is 1. The summed E-state index contributed by atoms with van der Waals surface area (Å²) in [5.41, 5.74) is 3.75. The molecule has 2 heterocycles. The first-order valence-electron chi connectivity index (χ1n) is 8.17. The highest BCUT2D eigenvalue weighted by Gasteiger charge is 2.22. The Morgan fingerprint density at radius 2 is 1.92 bits per heavy atom. The third kappa shape index (κ3) is 3.32. The average molecular weight is 388 g/mol. The van der Waals surface area contributed by atoms with Gasteiger partial charge in [0.1, 0.15) is 5.00 Å². The molecular weight excluding hydrogens is 370 g/mol. The summed E-state index contributed by atoms with van der Waals surface area (Å²) in [7, 11) is 0. The highest BCUT2D eigenvalue weighted by Crippen LogP contribution is 2.37. The Bertz CT molecular complexity index is 970. The van der Waals surface area contributed by atoms with Crippen LogP contribution in [-0.2, 0) is 4.74 Å². The molecule has 0 aliphatic heterocycles. The molecule has 0 bridgehead atoms. The normalized spacial score (nSPS) is 10.8. The molecular formula is C20H18ClNO3S. The van der Waals surface area contributed by atoms with Crippen LogP contribution in [0.2, 0.25) is 5.02 Å². The Morgan fingerprint density at radius 3 is 2.50 bits per heavy atom. The molecule has 0 saturated carbocycles. The van der Waals surface area contributed by atoms with Gasteiger partial charge in [-0.25, -0.2) is 4.79 Å². The number of thiophene rings is 1. The van der Waals surface area contributed by atoms with Crippen LogP contribution in [-0.4, -0.2) is 23.4 Å². The standard InChI is InChI=1S/C20H18ClNO3S/c1-4-25-20(24)17-10-18(14-5-7-16(21)8-6-14)26-19(17)22-12(2)9-15(11-23)13(22)3/h5-11H,4H2,1-3H3. The predicted molar refractivity (Wildman–Crippen MR) is 105 cm³/mol. The van der Waals surface area contributed by atoms with E-state index in [1.165, 1.54) is 11.3 Å². The number of hydrogen-bond acceptors (Lipinski definition) is 4. The Balaban J connectivity index is 2.20. The summed E-state index contributed by atoms with van der Waals surface area (Å²) in [6.07, 6.45) is 0.830. The number of rotatable bonds is 5. The largest absolute Gasteiger partial charge is 0.462 e. The third-order valence-electron chi connectivity index (χ3n) is 4.14. The lowest BCUT2D eigenvalue weighted by Gasteiger charge is -2.09. The van der Waals surface area contributed by atoms with Crippen LogP contribution in [0.25, 0.3) is 15.4 Å². The zero-order valence-electron chi connectivity index (χ0n) is 14.7. The number of carbonyl (C=O) groups excluding carboxylic acids is 2. The minimum absolute atomic E-state index is 0.299. The molecule has 0 aliphatic carbocycles. The smallest absolute Gasteiger partial charge is 0.341 e. The van der Waals surface area contributed by atoms with Gasteiger partial charge in [-0.3, -0.25) is 4.79 Å². The molecule has 26 heavy (non-hydrogen) atoms. The van der Waals surface area contributed by atoms with Crippen LogP contribution >= 0.6 is 22.9 Å². The molecule has 2 aromatic heterocycles. The van der Waals surface area contributed by atoms with Gasteiger partial charge in [0.25, 0.3) is 0 Å². The Kier molecular flexibility index (Phi) is 5.30. The summed E-state index contributed by atoms with van der Waals surface area (Å²) in [6, 6.07) is 11.1. The summed E-state index contributed by atoms with van der Waals surface area (Å²) in [6.45, 7) is 5.86. The number of carbonyl (C=O) groups is 2. The third-order valence-corrected chi connectivity index (χ3v) is 5.56. The van der Waals surface area contributed by atoms with E-state index < -0.39 is 0 Å². The van der Waals surface area contributed by atoms with Crippen LogP contribution in [0, 0.1) is 13.8 Å².